The summed E-state index contributed by atoms with van der Waals surface area (Å²) < 4.78 is 7.14. The molecule has 3 aromatic heterocycles. The SMILES string of the molecule is CC(C)Cc1nc(-c2cnn3c(C4CCNCC4)cc(=O)[nH]c23)no1.Cl. The highest BCUT2D eigenvalue weighted by atomic mass is 35.5. The Bertz CT molecular complexity index is 938. The zero-order valence-corrected chi connectivity index (χ0v) is 15.7. The minimum Gasteiger partial charge on any atom is -0.339 e. The second-order valence-corrected chi connectivity index (χ2v) is 7.01. The molecule has 1 aliphatic heterocycles. The van der Waals surface area contributed by atoms with E-state index in [0.717, 1.165) is 38.0 Å². The monoisotopic (exact) mass is 378 g/mol. The lowest BCUT2D eigenvalue weighted by atomic mass is 9.94. The summed E-state index contributed by atoms with van der Waals surface area (Å²) in [7, 11) is 0. The molecule has 0 amide bonds. The van der Waals surface area contributed by atoms with Crippen molar-refractivity contribution in [3.8, 4) is 11.4 Å². The van der Waals surface area contributed by atoms with Gasteiger partial charge in [-0.1, -0.05) is 19.0 Å². The fourth-order valence-electron chi connectivity index (χ4n) is 3.38. The third-order valence-corrected chi connectivity index (χ3v) is 4.58. The van der Waals surface area contributed by atoms with Gasteiger partial charge >= 0.3 is 0 Å². The first-order valence-electron chi connectivity index (χ1n) is 8.76. The van der Waals surface area contributed by atoms with Gasteiger partial charge in [0, 0.05) is 18.4 Å². The first kappa shape index (κ1) is 18.6. The third-order valence-electron chi connectivity index (χ3n) is 4.58. The molecule has 0 spiro atoms. The maximum Gasteiger partial charge on any atom is 0.251 e. The zero-order chi connectivity index (χ0) is 17.4. The Kier molecular flexibility index (Phi) is 5.43. The minimum atomic E-state index is -0.131. The summed E-state index contributed by atoms with van der Waals surface area (Å²) in [4.78, 5) is 19.5. The molecule has 140 valence electrons. The third kappa shape index (κ3) is 3.52. The Balaban J connectivity index is 0.00000196. The van der Waals surface area contributed by atoms with Crippen molar-refractivity contribution in [1.29, 1.82) is 0 Å². The van der Waals surface area contributed by atoms with Crippen LogP contribution < -0.4 is 10.9 Å². The van der Waals surface area contributed by atoms with Gasteiger partial charge in [0.05, 0.1) is 17.5 Å². The fourth-order valence-corrected chi connectivity index (χ4v) is 3.38. The summed E-state index contributed by atoms with van der Waals surface area (Å²) >= 11 is 0. The van der Waals surface area contributed by atoms with Gasteiger partial charge in [-0.3, -0.25) is 4.79 Å². The zero-order valence-electron chi connectivity index (χ0n) is 14.9. The Morgan fingerprint density at radius 3 is 2.85 bits per heavy atom. The molecule has 1 fully saturated rings. The summed E-state index contributed by atoms with van der Waals surface area (Å²) in [6.45, 7) is 6.11. The number of hydrogen-bond acceptors (Lipinski definition) is 6. The highest BCUT2D eigenvalue weighted by molar-refractivity contribution is 5.85. The van der Waals surface area contributed by atoms with Crippen LogP contribution in [0.2, 0.25) is 0 Å². The first-order valence-corrected chi connectivity index (χ1v) is 8.76. The van der Waals surface area contributed by atoms with Crippen molar-refractivity contribution >= 4 is 18.1 Å². The quantitative estimate of drug-likeness (QED) is 0.721. The molecule has 0 aromatic carbocycles. The first-order chi connectivity index (χ1) is 12.1. The van der Waals surface area contributed by atoms with E-state index in [2.05, 4.69) is 39.4 Å². The van der Waals surface area contributed by atoms with Gasteiger partial charge in [-0.25, -0.2) is 4.52 Å². The number of nitrogens with one attached hydrogen (secondary N) is 2. The van der Waals surface area contributed by atoms with Crippen LogP contribution in [-0.4, -0.2) is 37.8 Å². The number of fused-ring (bicyclic) bond motifs is 1. The number of hydrogen-bond donors (Lipinski definition) is 2. The van der Waals surface area contributed by atoms with Gasteiger partial charge in [0.25, 0.3) is 5.56 Å². The van der Waals surface area contributed by atoms with Crippen LogP contribution in [0.1, 0.15) is 44.2 Å². The second kappa shape index (κ2) is 7.59. The van der Waals surface area contributed by atoms with Gasteiger partial charge < -0.3 is 14.8 Å². The summed E-state index contributed by atoms with van der Waals surface area (Å²) in [6, 6.07) is 1.65. The van der Waals surface area contributed by atoms with E-state index in [1.807, 2.05) is 4.52 Å². The van der Waals surface area contributed by atoms with Gasteiger partial charge in [-0.2, -0.15) is 10.1 Å². The largest absolute Gasteiger partial charge is 0.339 e. The van der Waals surface area contributed by atoms with Gasteiger partial charge in [-0.15, -0.1) is 12.4 Å². The molecule has 4 rings (SSSR count). The molecular formula is C17H23ClN6O2. The Labute approximate surface area is 156 Å². The highest BCUT2D eigenvalue weighted by Crippen LogP contribution is 2.27. The predicted octanol–water partition coefficient (Wildman–Crippen LogP) is 2.16. The molecule has 4 heterocycles. The number of H-pyrrole nitrogens is 1. The fraction of sp³-hybridized carbons (Fsp3) is 0.529. The maximum atomic E-state index is 12.2. The molecule has 1 aliphatic rings. The number of aromatic amines is 1. The van der Waals surface area contributed by atoms with Crippen LogP contribution >= 0.6 is 12.4 Å². The lowest BCUT2D eigenvalue weighted by Gasteiger charge is -2.23. The summed E-state index contributed by atoms with van der Waals surface area (Å²) in [5.41, 5.74) is 2.12. The topological polar surface area (TPSA) is 101 Å². The summed E-state index contributed by atoms with van der Waals surface area (Å²) in [5.74, 6) is 1.81. The van der Waals surface area contributed by atoms with Crippen LogP contribution in [0.4, 0.5) is 0 Å². The van der Waals surface area contributed by atoms with Crippen molar-refractivity contribution in [2.75, 3.05) is 13.1 Å². The molecule has 8 nitrogen and oxygen atoms in total. The molecule has 0 unspecified atom stereocenters. The van der Waals surface area contributed by atoms with E-state index in [9.17, 15) is 4.79 Å². The summed E-state index contributed by atoms with van der Waals surface area (Å²) in [6.07, 6.45) is 4.41. The predicted molar refractivity (Wildman–Crippen MR) is 99.7 cm³/mol. The lowest BCUT2D eigenvalue weighted by molar-refractivity contribution is 0.363. The van der Waals surface area contributed by atoms with Crippen molar-refractivity contribution in [2.45, 2.75) is 39.0 Å². The molecule has 26 heavy (non-hydrogen) atoms. The van der Waals surface area contributed by atoms with Crippen LogP contribution in [0.25, 0.3) is 17.0 Å². The van der Waals surface area contributed by atoms with Gasteiger partial charge in [0.15, 0.2) is 0 Å². The molecule has 0 saturated carbocycles. The Hall–Kier alpha value is -2.19. The van der Waals surface area contributed by atoms with E-state index in [1.54, 1.807) is 12.3 Å². The molecule has 3 aromatic rings. The number of piperidine rings is 1. The van der Waals surface area contributed by atoms with Crippen molar-refractivity contribution in [3.05, 3.63) is 34.2 Å². The Morgan fingerprint density at radius 2 is 2.12 bits per heavy atom. The number of halogens is 1. The van der Waals surface area contributed by atoms with E-state index >= 15 is 0 Å². The van der Waals surface area contributed by atoms with Crippen LogP contribution in [0, 0.1) is 5.92 Å². The molecular weight excluding hydrogens is 356 g/mol. The molecule has 2 N–H and O–H groups in total. The molecule has 0 radical (unpaired) electrons. The molecule has 0 aliphatic carbocycles. The normalized spacial score (nSPS) is 15.5. The molecule has 0 bridgehead atoms. The van der Waals surface area contributed by atoms with Gasteiger partial charge in [0.2, 0.25) is 11.7 Å². The molecule has 0 atom stereocenters. The van der Waals surface area contributed by atoms with E-state index < -0.39 is 0 Å². The number of aromatic nitrogens is 5. The van der Waals surface area contributed by atoms with Crippen LogP contribution in [-0.2, 0) is 6.42 Å². The van der Waals surface area contributed by atoms with E-state index in [4.69, 9.17) is 4.52 Å². The molecule has 9 heteroatoms. The highest BCUT2D eigenvalue weighted by Gasteiger charge is 2.22. The van der Waals surface area contributed by atoms with Gasteiger partial charge in [-0.05, 0) is 31.8 Å². The second-order valence-electron chi connectivity index (χ2n) is 7.01. The van der Waals surface area contributed by atoms with Crippen LogP contribution in [0.15, 0.2) is 21.6 Å². The van der Waals surface area contributed by atoms with Crippen LogP contribution in [0.5, 0.6) is 0 Å². The van der Waals surface area contributed by atoms with Crippen molar-refractivity contribution in [2.24, 2.45) is 5.92 Å². The van der Waals surface area contributed by atoms with E-state index in [-0.39, 0.29) is 18.0 Å². The van der Waals surface area contributed by atoms with E-state index in [0.29, 0.717) is 34.8 Å². The van der Waals surface area contributed by atoms with Crippen LogP contribution in [0.3, 0.4) is 0 Å². The van der Waals surface area contributed by atoms with Gasteiger partial charge in [0.1, 0.15) is 5.65 Å². The average molecular weight is 379 g/mol. The van der Waals surface area contributed by atoms with Crippen molar-refractivity contribution in [1.82, 2.24) is 30.1 Å². The summed E-state index contributed by atoms with van der Waals surface area (Å²) in [5, 5.41) is 11.9. The van der Waals surface area contributed by atoms with Crippen molar-refractivity contribution < 1.29 is 4.52 Å². The minimum absolute atomic E-state index is 0. The molecule has 1 saturated heterocycles. The van der Waals surface area contributed by atoms with E-state index in [1.165, 1.54) is 0 Å². The maximum absolute atomic E-state index is 12.2. The smallest absolute Gasteiger partial charge is 0.251 e. The number of nitrogens with zero attached hydrogens (tertiary/aromatic N) is 4. The lowest BCUT2D eigenvalue weighted by Crippen LogP contribution is -2.28. The number of rotatable bonds is 4. The Morgan fingerprint density at radius 1 is 1.35 bits per heavy atom. The van der Waals surface area contributed by atoms with Crippen molar-refractivity contribution in [3.63, 3.8) is 0 Å². The average Bonchev–Trinajstić information content (AvgIpc) is 3.21. The standard InChI is InChI=1S/C17H22N6O2.ClH/c1-10(2)7-15-21-16(22-25-15)12-9-19-23-13(8-14(24)20-17(12)23)11-3-5-18-6-4-11;/h8-11,18H,3-7H2,1-2H3,(H,20,24);1H.